The van der Waals surface area contributed by atoms with E-state index in [0.29, 0.717) is 49.9 Å². The number of halogens is 7. The van der Waals surface area contributed by atoms with Crippen LogP contribution in [0.5, 0.6) is 0 Å². The van der Waals surface area contributed by atoms with E-state index in [1.165, 1.54) is 6.07 Å². The first-order valence-electron chi connectivity index (χ1n) is 11.2. The quantitative estimate of drug-likeness (QED) is 0.244. The summed E-state index contributed by atoms with van der Waals surface area (Å²) in [7, 11) is 0. The van der Waals surface area contributed by atoms with Crippen LogP contribution < -0.4 is 10.5 Å². The first-order chi connectivity index (χ1) is 17.7. The number of hydrogen-bond donors (Lipinski definition) is 0. The number of non-ortho nitro benzene ring substituents is 1. The molecule has 5 rings (SSSR count). The van der Waals surface area contributed by atoms with Gasteiger partial charge in [0.1, 0.15) is 10.5 Å². The molecule has 2 fully saturated rings. The Morgan fingerprint density at radius 3 is 2.21 bits per heavy atom. The lowest BCUT2D eigenvalue weighted by Gasteiger charge is -2.22. The molecular formula is C23H17F7N4O3S. The molecule has 202 valence electrons. The summed E-state index contributed by atoms with van der Waals surface area (Å²) in [5.41, 5.74) is -4.06. The molecule has 0 amide bonds. The number of fused-ring (bicyclic) bond motifs is 2. The van der Waals surface area contributed by atoms with Gasteiger partial charge in [-0.2, -0.15) is 31.3 Å². The molecule has 2 unspecified atom stereocenters. The molecule has 0 N–H and O–H groups in total. The topological polar surface area (TPSA) is 79.6 Å². The second kappa shape index (κ2) is 9.15. The Morgan fingerprint density at radius 2 is 1.66 bits per heavy atom. The van der Waals surface area contributed by atoms with Crippen LogP contribution in [-0.2, 0) is 18.9 Å². The van der Waals surface area contributed by atoms with Gasteiger partial charge in [-0.3, -0.25) is 19.8 Å². The Morgan fingerprint density at radius 1 is 1.00 bits per heavy atom. The van der Waals surface area contributed by atoms with Crippen molar-refractivity contribution in [2.24, 2.45) is 11.8 Å². The van der Waals surface area contributed by atoms with E-state index in [0.717, 1.165) is 17.4 Å². The Bertz CT molecular complexity index is 1480. The van der Waals surface area contributed by atoms with E-state index in [2.05, 4.69) is 4.98 Å². The van der Waals surface area contributed by atoms with Gasteiger partial charge in [0.2, 0.25) is 0 Å². The molecule has 0 aliphatic carbocycles. The number of rotatable bonds is 4. The van der Waals surface area contributed by atoms with Crippen molar-refractivity contribution in [3.63, 3.8) is 0 Å². The molecule has 0 radical (unpaired) electrons. The predicted molar refractivity (Wildman–Crippen MR) is 123 cm³/mol. The van der Waals surface area contributed by atoms with Gasteiger partial charge in [0.05, 0.1) is 21.4 Å². The van der Waals surface area contributed by atoms with Gasteiger partial charge in [-0.15, -0.1) is 0 Å². The number of benzene rings is 2. The van der Waals surface area contributed by atoms with E-state index in [1.807, 2.05) is 4.90 Å². The van der Waals surface area contributed by atoms with Crippen molar-refractivity contribution in [1.29, 1.82) is 0 Å². The number of nitro groups is 1. The summed E-state index contributed by atoms with van der Waals surface area (Å²) in [5.74, 6) is -1.18. The highest BCUT2D eigenvalue weighted by molar-refractivity contribution is 7.22. The Hall–Kier alpha value is -3.33. The fraction of sp³-hybridized carbons (Fsp3) is 0.391. The first-order valence-corrected chi connectivity index (χ1v) is 12.1. The van der Waals surface area contributed by atoms with Crippen molar-refractivity contribution in [3.05, 3.63) is 73.3 Å². The van der Waals surface area contributed by atoms with Gasteiger partial charge in [0.15, 0.2) is 5.13 Å². The number of hydrogen-bond acceptors (Lipinski definition) is 7. The molecule has 2 aromatic carbocycles. The van der Waals surface area contributed by atoms with Crippen LogP contribution in [0.3, 0.4) is 0 Å². The third-order valence-electron chi connectivity index (χ3n) is 6.79. The van der Waals surface area contributed by atoms with Crippen LogP contribution in [0.4, 0.5) is 41.6 Å². The van der Waals surface area contributed by atoms with Gasteiger partial charge < -0.3 is 4.90 Å². The smallest absolute Gasteiger partial charge is 0.347 e. The summed E-state index contributed by atoms with van der Waals surface area (Å²) in [6.07, 6.45) is -9.65. The lowest BCUT2D eigenvalue weighted by Crippen LogP contribution is -2.29. The second-order valence-corrected chi connectivity index (χ2v) is 10.3. The molecule has 3 heterocycles. The van der Waals surface area contributed by atoms with Crippen LogP contribution in [0.15, 0.2) is 35.1 Å². The van der Waals surface area contributed by atoms with Crippen molar-refractivity contribution < 1.29 is 35.7 Å². The minimum Gasteiger partial charge on any atom is -0.347 e. The largest absolute Gasteiger partial charge is 0.419 e. The summed E-state index contributed by atoms with van der Waals surface area (Å²) < 4.78 is 91.7. The SMILES string of the molecule is O=c1nc(N2CC3CN(Cc4ccc(C(F)(F)F)c(F)c4)CC3C2)sc2c([N+](=O)[O-])cc(C(F)(F)F)cc12. The minimum absolute atomic E-state index is 0.0803. The molecule has 1 aromatic heterocycles. The molecule has 0 bridgehead atoms. The fourth-order valence-electron chi connectivity index (χ4n) is 5.10. The molecule has 38 heavy (non-hydrogen) atoms. The minimum atomic E-state index is -4.88. The fourth-order valence-corrected chi connectivity index (χ4v) is 6.18. The van der Waals surface area contributed by atoms with Gasteiger partial charge >= 0.3 is 12.4 Å². The number of likely N-dealkylation sites (tertiary alicyclic amines) is 1. The Balaban J connectivity index is 1.33. The summed E-state index contributed by atoms with van der Waals surface area (Å²) in [4.78, 5) is 30.8. The van der Waals surface area contributed by atoms with Crippen LogP contribution >= 0.6 is 11.3 Å². The van der Waals surface area contributed by atoms with Crippen LogP contribution in [0.2, 0.25) is 0 Å². The van der Waals surface area contributed by atoms with Gasteiger partial charge in [0, 0.05) is 38.8 Å². The molecule has 2 aliphatic rings. The summed E-state index contributed by atoms with van der Waals surface area (Å²) in [6, 6.07) is 3.80. The van der Waals surface area contributed by atoms with Crippen molar-refractivity contribution in [3.8, 4) is 0 Å². The molecule has 0 saturated carbocycles. The number of alkyl halides is 6. The highest BCUT2D eigenvalue weighted by Crippen LogP contribution is 2.41. The number of nitrogens with zero attached hydrogens (tertiary/aromatic N) is 4. The lowest BCUT2D eigenvalue weighted by atomic mass is 10.0. The molecule has 7 nitrogen and oxygen atoms in total. The Kier molecular flexibility index (Phi) is 6.33. The van der Waals surface area contributed by atoms with Crippen molar-refractivity contribution in [1.82, 2.24) is 9.88 Å². The third kappa shape index (κ3) is 4.91. The molecule has 2 aliphatic heterocycles. The normalized spacial score (nSPS) is 20.3. The molecule has 2 saturated heterocycles. The molecule has 15 heteroatoms. The standard InChI is InChI=1S/C23H17F7N4O3S/c24-17-3-11(1-2-16(17)23(28,29)30)6-32-7-12-9-33(10-13(12)8-32)21-31-20(35)15-4-14(22(25,26)27)5-18(34(36)37)19(15)38-21/h1-5,12-13H,6-10H2. The number of anilines is 1. The average molecular weight is 562 g/mol. The van der Waals surface area contributed by atoms with E-state index in [9.17, 15) is 45.6 Å². The number of aromatic nitrogens is 1. The van der Waals surface area contributed by atoms with E-state index in [4.69, 9.17) is 0 Å². The molecule has 3 aromatic rings. The Labute approximate surface area is 213 Å². The van der Waals surface area contributed by atoms with E-state index < -0.39 is 50.9 Å². The lowest BCUT2D eigenvalue weighted by molar-refractivity contribution is -0.383. The van der Waals surface area contributed by atoms with Crippen molar-refractivity contribution >= 4 is 32.2 Å². The van der Waals surface area contributed by atoms with E-state index in [1.54, 1.807) is 4.90 Å². The predicted octanol–water partition coefficient (Wildman–Crippen LogP) is 5.31. The summed E-state index contributed by atoms with van der Waals surface area (Å²) in [6.45, 7) is 2.18. The zero-order valence-electron chi connectivity index (χ0n) is 19.1. The maximum Gasteiger partial charge on any atom is 0.419 e. The average Bonchev–Trinajstić information content (AvgIpc) is 3.35. The molecule has 0 spiro atoms. The number of nitro benzene ring substituents is 1. The zero-order valence-corrected chi connectivity index (χ0v) is 20.0. The van der Waals surface area contributed by atoms with Crippen LogP contribution in [0.25, 0.3) is 10.1 Å². The van der Waals surface area contributed by atoms with Crippen molar-refractivity contribution in [2.75, 3.05) is 31.1 Å². The van der Waals surface area contributed by atoms with Gasteiger partial charge in [-0.1, -0.05) is 17.4 Å². The van der Waals surface area contributed by atoms with Crippen molar-refractivity contribution in [2.45, 2.75) is 18.9 Å². The van der Waals surface area contributed by atoms with Crippen LogP contribution in [-0.4, -0.2) is 41.0 Å². The summed E-state index contributed by atoms with van der Waals surface area (Å²) >= 11 is 0.778. The maximum atomic E-state index is 13.9. The molecule has 2 atom stereocenters. The highest BCUT2D eigenvalue weighted by atomic mass is 32.1. The highest BCUT2D eigenvalue weighted by Gasteiger charge is 2.41. The first kappa shape index (κ1) is 26.3. The van der Waals surface area contributed by atoms with Gasteiger partial charge in [0.25, 0.3) is 11.2 Å². The van der Waals surface area contributed by atoms with Gasteiger partial charge in [-0.25, -0.2) is 4.39 Å². The summed E-state index contributed by atoms with van der Waals surface area (Å²) in [5, 5.41) is 11.2. The van der Waals surface area contributed by atoms with E-state index in [-0.39, 0.29) is 28.2 Å². The van der Waals surface area contributed by atoms with Gasteiger partial charge in [-0.05, 0) is 35.6 Å². The second-order valence-electron chi connectivity index (χ2n) is 9.36. The molecular weight excluding hydrogens is 545 g/mol. The zero-order chi connectivity index (χ0) is 27.6. The monoisotopic (exact) mass is 562 g/mol. The third-order valence-corrected chi connectivity index (χ3v) is 7.96. The van der Waals surface area contributed by atoms with Crippen LogP contribution in [0.1, 0.15) is 16.7 Å². The maximum absolute atomic E-state index is 13.9. The van der Waals surface area contributed by atoms with E-state index >= 15 is 0 Å². The van der Waals surface area contributed by atoms with Crippen LogP contribution in [0, 0.1) is 27.8 Å².